The van der Waals surface area contributed by atoms with Crippen LogP contribution in [-0.2, 0) is 0 Å². The molecule has 4 nitrogen and oxygen atoms in total. The van der Waals surface area contributed by atoms with E-state index >= 15 is 0 Å². The average molecular weight is 292 g/mol. The highest BCUT2D eigenvalue weighted by Gasteiger charge is 2.26. The van der Waals surface area contributed by atoms with Gasteiger partial charge in [-0.05, 0) is 30.7 Å². The lowest BCUT2D eigenvalue weighted by atomic mass is 10.2. The average Bonchev–Trinajstić information content (AvgIpc) is 3.09. The lowest BCUT2D eigenvalue weighted by Crippen LogP contribution is -2.37. The van der Waals surface area contributed by atoms with Crippen molar-refractivity contribution in [3.05, 3.63) is 54.0 Å². The predicted molar refractivity (Wildman–Crippen MR) is 73.2 cm³/mol. The van der Waals surface area contributed by atoms with E-state index in [1.807, 2.05) is 0 Å². The number of benzene rings is 1. The molecule has 0 radical (unpaired) electrons. The van der Waals surface area contributed by atoms with Crippen molar-refractivity contribution in [3.63, 3.8) is 0 Å². The minimum absolute atomic E-state index is 0.0907. The summed E-state index contributed by atoms with van der Waals surface area (Å²) in [5.41, 5.74) is 0.353. The molecule has 0 aliphatic carbocycles. The third kappa shape index (κ3) is 2.89. The summed E-state index contributed by atoms with van der Waals surface area (Å²) in [7, 11) is 0. The fraction of sp³-hybridized carbons (Fsp3) is 0.267. The Labute approximate surface area is 120 Å². The molecule has 1 saturated heterocycles. The number of furan rings is 1. The Kier molecular flexibility index (Phi) is 3.60. The van der Waals surface area contributed by atoms with E-state index < -0.39 is 11.6 Å². The topological polar surface area (TPSA) is 45.5 Å². The molecule has 3 rings (SSSR count). The quantitative estimate of drug-likeness (QED) is 0.945. The Bertz CT molecular complexity index is 643. The zero-order valence-corrected chi connectivity index (χ0v) is 11.2. The molecule has 0 spiro atoms. The minimum Gasteiger partial charge on any atom is -0.459 e. The zero-order chi connectivity index (χ0) is 14.8. The third-order valence-corrected chi connectivity index (χ3v) is 3.52. The number of carbonyl (C=O) groups is 1. The van der Waals surface area contributed by atoms with Gasteiger partial charge in [0.05, 0.1) is 12.0 Å². The second-order valence-electron chi connectivity index (χ2n) is 4.98. The molecule has 1 fully saturated rings. The molecule has 1 aromatic heterocycles. The van der Waals surface area contributed by atoms with E-state index in [-0.39, 0.29) is 17.7 Å². The Balaban J connectivity index is 1.64. The first-order chi connectivity index (χ1) is 10.1. The number of nitrogens with zero attached hydrogens (tertiary/aromatic N) is 1. The predicted octanol–water partition coefficient (Wildman–Crippen LogP) is 2.57. The number of halogens is 2. The minimum atomic E-state index is -0.599. The molecule has 0 saturated carbocycles. The van der Waals surface area contributed by atoms with Crippen molar-refractivity contribution >= 4 is 11.6 Å². The lowest BCUT2D eigenvalue weighted by molar-refractivity contribution is 0.0912. The maximum absolute atomic E-state index is 13.7. The van der Waals surface area contributed by atoms with Crippen LogP contribution >= 0.6 is 0 Å². The fourth-order valence-electron chi connectivity index (χ4n) is 2.50. The van der Waals surface area contributed by atoms with E-state index in [4.69, 9.17) is 4.42 Å². The molecule has 21 heavy (non-hydrogen) atoms. The first-order valence-corrected chi connectivity index (χ1v) is 6.68. The molecular weight excluding hydrogens is 278 g/mol. The van der Waals surface area contributed by atoms with Gasteiger partial charge in [-0.15, -0.1) is 0 Å². The summed E-state index contributed by atoms with van der Waals surface area (Å²) in [4.78, 5) is 13.7. The van der Waals surface area contributed by atoms with Crippen LogP contribution < -0.4 is 10.2 Å². The van der Waals surface area contributed by atoms with Crippen molar-refractivity contribution in [2.75, 3.05) is 18.0 Å². The van der Waals surface area contributed by atoms with Crippen LogP contribution in [0.4, 0.5) is 14.5 Å². The number of carbonyl (C=O) groups excluding carboxylic acids is 1. The number of hydrogen-bond donors (Lipinski definition) is 1. The SMILES string of the molecule is O=C(N[C@@H]1CCN(c2ccc(F)cc2F)C1)c1ccco1. The Hall–Kier alpha value is -2.37. The van der Waals surface area contributed by atoms with Crippen LogP contribution in [0.15, 0.2) is 41.0 Å². The first kappa shape index (κ1) is 13.6. The second-order valence-corrected chi connectivity index (χ2v) is 4.98. The standard InChI is InChI=1S/C15H14F2N2O2/c16-10-3-4-13(12(17)8-10)19-6-5-11(9-19)18-15(20)14-2-1-7-21-14/h1-4,7-8,11H,5-6,9H2,(H,18,20)/t11-/m1/s1. The lowest BCUT2D eigenvalue weighted by Gasteiger charge is -2.19. The van der Waals surface area contributed by atoms with Crippen LogP contribution in [0.3, 0.4) is 0 Å². The van der Waals surface area contributed by atoms with Crippen molar-refractivity contribution in [1.82, 2.24) is 5.32 Å². The van der Waals surface area contributed by atoms with Crippen LogP contribution in [0.1, 0.15) is 17.0 Å². The molecule has 1 aliphatic heterocycles. The molecular formula is C15H14F2N2O2. The number of amides is 1. The summed E-state index contributed by atoms with van der Waals surface area (Å²) in [5.74, 6) is -1.22. The zero-order valence-electron chi connectivity index (χ0n) is 11.2. The van der Waals surface area contributed by atoms with Gasteiger partial charge in [-0.1, -0.05) is 0 Å². The summed E-state index contributed by atoms with van der Waals surface area (Å²) >= 11 is 0. The van der Waals surface area contributed by atoms with E-state index in [9.17, 15) is 13.6 Å². The van der Waals surface area contributed by atoms with Crippen LogP contribution in [0.2, 0.25) is 0 Å². The summed E-state index contributed by atoms with van der Waals surface area (Å²) in [6, 6.07) is 6.65. The Morgan fingerprint density at radius 2 is 2.19 bits per heavy atom. The van der Waals surface area contributed by atoms with Gasteiger partial charge in [-0.3, -0.25) is 4.79 Å². The number of rotatable bonds is 3. The Morgan fingerprint density at radius 3 is 2.90 bits per heavy atom. The Morgan fingerprint density at radius 1 is 1.33 bits per heavy atom. The smallest absolute Gasteiger partial charge is 0.287 e. The maximum Gasteiger partial charge on any atom is 0.287 e. The van der Waals surface area contributed by atoms with E-state index in [1.165, 1.54) is 18.4 Å². The molecule has 110 valence electrons. The third-order valence-electron chi connectivity index (χ3n) is 3.52. The monoisotopic (exact) mass is 292 g/mol. The molecule has 0 bridgehead atoms. The molecule has 1 aromatic carbocycles. The summed E-state index contributed by atoms with van der Waals surface area (Å²) < 4.78 is 31.7. The van der Waals surface area contributed by atoms with Crippen LogP contribution in [-0.4, -0.2) is 25.0 Å². The van der Waals surface area contributed by atoms with Gasteiger partial charge < -0.3 is 14.6 Å². The van der Waals surface area contributed by atoms with Crippen molar-refractivity contribution < 1.29 is 18.0 Å². The van der Waals surface area contributed by atoms with Crippen molar-refractivity contribution in [3.8, 4) is 0 Å². The number of hydrogen-bond acceptors (Lipinski definition) is 3. The molecule has 2 aromatic rings. The molecule has 1 amide bonds. The largest absolute Gasteiger partial charge is 0.459 e. The van der Waals surface area contributed by atoms with Gasteiger partial charge in [0.15, 0.2) is 5.76 Å². The van der Waals surface area contributed by atoms with Gasteiger partial charge in [-0.2, -0.15) is 0 Å². The van der Waals surface area contributed by atoms with Crippen molar-refractivity contribution in [2.45, 2.75) is 12.5 Å². The molecule has 2 heterocycles. The fourth-order valence-corrected chi connectivity index (χ4v) is 2.50. The maximum atomic E-state index is 13.7. The summed E-state index contributed by atoms with van der Waals surface area (Å²) in [6.45, 7) is 1.08. The summed E-state index contributed by atoms with van der Waals surface area (Å²) in [5, 5.41) is 2.84. The number of anilines is 1. The molecule has 1 N–H and O–H groups in total. The van der Waals surface area contributed by atoms with E-state index in [0.717, 1.165) is 6.07 Å². The van der Waals surface area contributed by atoms with Crippen LogP contribution in [0.25, 0.3) is 0 Å². The van der Waals surface area contributed by atoms with Gasteiger partial charge in [0, 0.05) is 25.2 Å². The van der Waals surface area contributed by atoms with E-state index in [1.54, 1.807) is 17.0 Å². The van der Waals surface area contributed by atoms with Gasteiger partial charge in [0.2, 0.25) is 0 Å². The highest BCUT2D eigenvalue weighted by atomic mass is 19.1. The van der Waals surface area contributed by atoms with Crippen LogP contribution in [0, 0.1) is 11.6 Å². The highest BCUT2D eigenvalue weighted by molar-refractivity contribution is 5.91. The van der Waals surface area contributed by atoms with Gasteiger partial charge in [0.1, 0.15) is 11.6 Å². The van der Waals surface area contributed by atoms with Crippen LogP contribution in [0.5, 0.6) is 0 Å². The molecule has 0 unspecified atom stereocenters. The van der Waals surface area contributed by atoms with E-state index in [0.29, 0.717) is 25.2 Å². The van der Waals surface area contributed by atoms with Crippen molar-refractivity contribution in [2.24, 2.45) is 0 Å². The molecule has 1 atom stereocenters. The molecule has 1 aliphatic rings. The normalized spacial score (nSPS) is 18.0. The first-order valence-electron chi connectivity index (χ1n) is 6.68. The van der Waals surface area contributed by atoms with Gasteiger partial charge >= 0.3 is 0 Å². The van der Waals surface area contributed by atoms with Crippen molar-refractivity contribution in [1.29, 1.82) is 0 Å². The van der Waals surface area contributed by atoms with Gasteiger partial charge in [0.25, 0.3) is 5.91 Å². The summed E-state index contributed by atoms with van der Waals surface area (Å²) in [6.07, 6.45) is 2.13. The second kappa shape index (κ2) is 5.55. The van der Waals surface area contributed by atoms with E-state index in [2.05, 4.69) is 5.32 Å². The number of nitrogens with one attached hydrogen (secondary N) is 1. The molecule has 6 heteroatoms. The highest BCUT2D eigenvalue weighted by Crippen LogP contribution is 2.24. The van der Waals surface area contributed by atoms with Gasteiger partial charge in [-0.25, -0.2) is 8.78 Å².